The Labute approximate surface area is 146 Å². The van der Waals surface area contributed by atoms with E-state index >= 15 is 0 Å². The molecule has 0 fully saturated rings. The van der Waals surface area contributed by atoms with Crippen LogP contribution >= 0.6 is 0 Å². The van der Waals surface area contributed by atoms with Crippen LogP contribution in [0.2, 0.25) is 0 Å². The molecule has 0 spiro atoms. The fourth-order valence-corrected chi connectivity index (χ4v) is 3.16. The molecule has 0 aliphatic rings. The van der Waals surface area contributed by atoms with Crippen molar-refractivity contribution in [3.05, 3.63) is 11.4 Å². The SMILES string of the molecule is Cc1nnn(C)c1CCCCCCCCCCCCCCC(=O)O. The number of carbonyl (C=O) groups is 1. The largest absolute Gasteiger partial charge is 0.481 e. The molecule has 1 heterocycles. The van der Waals surface area contributed by atoms with Gasteiger partial charge in [-0.25, -0.2) is 0 Å². The van der Waals surface area contributed by atoms with E-state index in [2.05, 4.69) is 10.3 Å². The lowest BCUT2D eigenvalue weighted by Crippen LogP contribution is -1.99. The van der Waals surface area contributed by atoms with Gasteiger partial charge in [-0.05, 0) is 26.2 Å². The Morgan fingerprint density at radius 2 is 1.33 bits per heavy atom. The third kappa shape index (κ3) is 9.68. The molecule has 5 heteroatoms. The summed E-state index contributed by atoms with van der Waals surface area (Å²) < 4.78 is 1.90. The molecule has 138 valence electrons. The van der Waals surface area contributed by atoms with E-state index < -0.39 is 5.97 Å². The second-order valence-corrected chi connectivity index (χ2v) is 6.88. The van der Waals surface area contributed by atoms with E-state index in [0.29, 0.717) is 6.42 Å². The predicted molar refractivity (Wildman–Crippen MR) is 97.1 cm³/mol. The van der Waals surface area contributed by atoms with Crippen LogP contribution in [0.25, 0.3) is 0 Å². The highest BCUT2D eigenvalue weighted by atomic mass is 16.4. The first kappa shape index (κ1) is 20.7. The first-order valence-electron chi connectivity index (χ1n) is 9.68. The number of unbranched alkanes of at least 4 members (excludes halogenated alkanes) is 11. The van der Waals surface area contributed by atoms with E-state index in [1.54, 1.807) is 0 Å². The summed E-state index contributed by atoms with van der Waals surface area (Å²) in [6.45, 7) is 2.04. The molecule has 0 saturated carbocycles. The van der Waals surface area contributed by atoms with Crippen molar-refractivity contribution >= 4 is 5.97 Å². The number of aryl methyl sites for hydroxylation is 2. The second kappa shape index (κ2) is 13.0. The van der Waals surface area contributed by atoms with Gasteiger partial charge in [-0.15, -0.1) is 5.10 Å². The third-order valence-electron chi connectivity index (χ3n) is 4.69. The lowest BCUT2D eigenvalue weighted by atomic mass is 10.0. The average Bonchev–Trinajstić information content (AvgIpc) is 2.86. The molecule has 0 aliphatic carbocycles. The first-order chi connectivity index (χ1) is 11.6. The summed E-state index contributed by atoms with van der Waals surface area (Å²) in [5.74, 6) is -0.665. The molecule has 0 radical (unpaired) electrons. The van der Waals surface area contributed by atoms with Gasteiger partial charge in [0.1, 0.15) is 0 Å². The molecule has 5 nitrogen and oxygen atoms in total. The van der Waals surface area contributed by atoms with Gasteiger partial charge < -0.3 is 5.11 Å². The number of nitrogens with zero attached hydrogens (tertiary/aromatic N) is 3. The molecule has 0 unspecified atom stereocenters. The number of hydrogen-bond acceptors (Lipinski definition) is 3. The highest BCUT2D eigenvalue weighted by Crippen LogP contribution is 2.14. The van der Waals surface area contributed by atoms with Crippen LogP contribution in [0, 0.1) is 6.92 Å². The Morgan fingerprint density at radius 3 is 1.75 bits per heavy atom. The molecule has 0 atom stereocenters. The van der Waals surface area contributed by atoms with Crippen molar-refractivity contribution in [1.82, 2.24) is 15.0 Å². The topological polar surface area (TPSA) is 68.0 Å². The van der Waals surface area contributed by atoms with Crippen molar-refractivity contribution in [1.29, 1.82) is 0 Å². The minimum absolute atomic E-state index is 0.330. The Kier molecular flexibility index (Phi) is 11.2. The van der Waals surface area contributed by atoms with Crippen molar-refractivity contribution in [3.63, 3.8) is 0 Å². The molecule has 1 N–H and O–H groups in total. The lowest BCUT2D eigenvalue weighted by molar-refractivity contribution is -0.137. The summed E-state index contributed by atoms with van der Waals surface area (Å²) in [5, 5.41) is 16.7. The lowest BCUT2D eigenvalue weighted by Gasteiger charge is -2.04. The van der Waals surface area contributed by atoms with Crippen molar-refractivity contribution in [2.24, 2.45) is 7.05 Å². The van der Waals surface area contributed by atoms with E-state index in [4.69, 9.17) is 5.11 Å². The second-order valence-electron chi connectivity index (χ2n) is 6.88. The minimum atomic E-state index is -0.665. The van der Waals surface area contributed by atoms with Crippen LogP contribution in [0.1, 0.15) is 94.9 Å². The average molecular weight is 338 g/mol. The molecule has 1 aromatic rings. The maximum atomic E-state index is 10.4. The molecule has 0 amide bonds. The van der Waals surface area contributed by atoms with Gasteiger partial charge in [-0.3, -0.25) is 9.48 Å². The highest BCUT2D eigenvalue weighted by molar-refractivity contribution is 5.66. The molecular formula is C19H35N3O2. The van der Waals surface area contributed by atoms with Crippen LogP contribution in [0.5, 0.6) is 0 Å². The minimum Gasteiger partial charge on any atom is -0.481 e. The summed E-state index contributed by atoms with van der Waals surface area (Å²) in [4.78, 5) is 10.4. The number of hydrogen-bond donors (Lipinski definition) is 1. The monoisotopic (exact) mass is 337 g/mol. The molecule has 0 bridgehead atoms. The molecule has 0 aromatic carbocycles. The number of carboxylic acid groups (broad SMARTS) is 1. The van der Waals surface area contributed by atoms with E-state index in [9.17, 15) is 4.79 Å². The van der Waals surface area contributed by atoms with Crippen molar-refractivity contribution in [3.8, 4) is 0 Å². The summed E-state index contributed by atoms with van der Waals surface area (Å²) in [6.07, 6.45) is 16.3. The third-order valence-corrected chi connectivity index (χ3v) is 4.69. The van der Waals surface area contributed by atoms with Crippen LogP contribution in [0.3, 0.4) is 0 Å². The Hall–Kier alpha value is -1.39. The van der Waals surface area contributed by atoms with Gasteiger partial charge in [-0.2, -0.15) is 0 Å². The van der Waals surface area contributed by atoms with Crippen molar-refractivity contribution in [2.45, 2.75) is 96.8 Å². The summed E-state index contributed by atoms with van der Waals surface area (Å²) in [5.41, 5.74) is 2.35. The number of rotatable bonds is 15. The van der Waals surface area contributed by atoms with Crippen LogP contribution < -0.4 is 0 Å². The predicted octanol–water partition coefficient (Wildman–Crippen LogP) is 4.82. The smallest absolute Gasteiger partial charge is 0.303 e. The van der Waals surface area contributed by atoms with E-state index in [-0.39, 0.29) is 0 Å². The van der Waals surface area contributed by atoms with Crippen LogP contribution in [0.4, 0.5) is 0 Å². The van der Waals surface area contributed by atoms with Gasteiger partial charge in [0.25, 0.3) is 0 Å². The Morgan fingerprint density at radius 1 is 0.875 bits per heavy atom. The van der Waals surface area contributed by atoms with Crippen LogP contribution in [-0.4, -0.2) is 26.1 Å². The molecule has 0 aliphatic heterocycles. The Bertz CT molecular complexity index is 438. The maximum Gasteiger partial charge on any atom is 0.303 e. The van der Waals surface area contributed by atoms with Crippen LogP contribution in [0.15, 0.2) is 0 Å². The van der Waals surface area contributed by atoms with Gasteiger partial charge in [0.2, 0.25) is 0 Å². The van der Waals surface area contributed by atoms with E-state index in [0.717, 1.165) is 25.0 Å². The van der Waals surface area contributed by atoms with Gasteiger partial charge >= 0.3 is 5.97 Å². The van der Waals surface area contributed by atoms with Gasteiger partial charge in [0, 0.05) is 13.5 Å². The van der Waals surface area contributed by atoms with Gasteiger partial charge in [-0.1, -0.05) is 69.4 Å². The molecular weight excluding hydrogens is 302 g/mol. The number of aliphatic carboxylic acids is 1. The normalized spacial score (nSPS) is 11.1. The molecule has 1 rings (SSSR count). The molecule has 24 heavy (non-hydrogen) atoms. The summed E-state index contributed by atoms with van der Waals surface area (Å²) in [6, 6.07) is 0. The van der Waals surface area contributed by atoms with E-state index in [1.165, 1.54) is 69.9 Å². The molecule has 0 saturated heterocycles. The number of aromatic nitrogens is 3. The fourth-order valence-electron chi connectivity index (χ4n) is 3.16. The van der Waals surface area contributed by atoms with E-state index in [1.807, 2.05) is 18.7 Å². The standard InChI is InChI=1S/C19H35N3O2/c1-17-18(22(2)21-20-17)15-13-11-9-7-5-3-4-6-8-10-12-14-16-19(23)24/h3-16H2,1-2H3,(H,23,24). The number of carboxylic acids is 1. The van der Waals surface area contributed by atoms with Gasteiger partial charge in [0.05, 0.1) is 11.4 Å². The zero-order valence-electron chi connectivity index (χ0n) is 15.6. The first-order valence-corrected chi connectivity index (χ1v) is 9.68. The molecule has 1 aromatic heterocycles. The Balaban J connectivity index is 1.80. The zero-order chi connectivity index (χ0) is 17.6. The van der Waals surface area contributed by atoms with Crippen molar-refractivity contribution < 1.29 is 9.90 Å². The highest BCUT2D eigenvalue weighted by Gasteiger charge is 2.05. The van der Waals surface area contributed by atoms with Crippen molar-refractivity contribution in [2.75, 3.05) is 0 Å². The van der Waals surface area contributed by atoms with Crippen LogP contribution in [-0.2, 0) is 18.3 Å². The maximum absolute atomic E-state index is 10.4. The quantitative estimate of drug-likeness (QED) is 0.466. The summed E-state index contributed by atoms with van der Waals surface area (Å²) >= 11 is 0. The fraction of sp³-hybridized carbons (Fsp3) is 0.842. The van der Waals surface area contributed by atoms with Gasteiger partial charge in [0.15, 0.2) is 0 Å². The zero-order valence-corrected chi connectivity index (χ0v) is 15.6. The summed E-state index contributed by atoms with van der Waals surface area (Å²) in [7, 11) is 1.97.